The molecule has 1 aliphatic heterocycles. The minimum atomic E-state index is -0.105. The summed E-state index contributed by atoms with van der Waals surface area (Å²) in [6.07, 6.45) is 8.68. The van der Waals surface area contributed by atoms with E-state index in [-0.39, 0.29) is 24.3 Å². The van der Waals surface area contributed by atoms with Crippen LogP contribution < -0.4 is 5.73 Å². The van der Waals surface area contributed by atoms with Gasteiger partial charge in [0.1, 0.15) is 0 Å². The quantitative estimate of drug-likeness (QED) is 0.604. The lowest BCUT2D eigenvalue weighted by molar-refractivity contribution is -0.145. The molecule has 4 nitrogen and oxygen atoms in total. The average molecular weight is 291 g/mol. The zero-order valence-corrected chi connectivity index (χ0v) is 12.9. The summed E-state index contributed by atoms with van der Waals surface area (Å²) >= 11 is 0. The summed E-state index contributed by atoms with van der Waals surface area (Å²) in [5, 5.41) is 0. The van der Waals surface area contributed by atoms with E-state index in [0.717, 1.165) is 44.4 Å². The van der Waals surface area contributed by atoms with Crippen LogP contribution in [-0.2, 0) is 9.53 Å². The van der Waals surface area contributed by atoms with E-state index in [1.807, 2.05) is 6.92 Å². The fourth-order valence-electron chi connectivity index (χ4n) is 2.41. The van der Waals surface area contributed by atoms with Gasteiger partial charge in [-0.1, -0.05) is 26.2 Å². The minimum absolute atomic E-state index is 0. The first-order chi connectivity index (χ1) is 8.63. The Labute approximate surface area is 122 Å². The molecule has 112 valence electrons. The first kappa shape index (κ1) is 18.2. The van der Waals surface area contributed by atoms with Gasteiger partial charge in [0.2, 0.25) is 0 Å². The Morgan fingerprint density at radius 1 is 1.47 bits per heavy atom. The second kappa shape index (κ2) is 10.1. The molecule has 0 fully saturated rings. The fraction of sp³-hybridized carbons (Fsp3) is 0.857. The highest BCUT2D eigenvalue weighted by Gasteiger charge is 2.14. The molecule has 1 heterocycles. The van der Waals surface area contributed by atoms with Crippen LogP contribution in [-0.4, -0.2) is 25.0 Å². The van der Waals surface area contributed by atoms with E-state index >= 15 is 0 Å². The van der Waals surface area contributed by atoms with Crippen molar-refractivity contribution in [1.29, 1.82) is 0 Å². The second-order valence-corrected chi connectivity index (χ2v) is 5.23. The van der Waals surface area contributed by atoms with Crippen LogP contribution in [0.4, 0.5) is 0 Å². The molecular weight excluding hydrogens is 264 g/mol. The number of methoxy groups -OCH3 is 1. The third kappa shape index (κ3) is 7.41. The summed E-state index contributed by atoms with van der Waals surface area (Å²) in [6, 6.07) is 0.404. The number of rotatable bonds is 6. The van der Waals surface area contributed by atoms with Crippen molar-refractivity contribution in [2.24, 2.45) is 16.6 Å². The predicted molar refractivity (Wildman–Crippen MR) is 80.8 cm³/mol. The maximum atomic E-state index is 11.2. The van der Waals surface area contributed by atoms with Crippen LogP contribution in [0.1, 0.15) is 58.3 Å². The lowest BCUT2D eigenvalue weighted by Crippen LogP contribution is -2.14. The summed E-state index contributed by atoms with van der Waals surface area (Å²) in [6.45, 7) is 1.92. The number of ether oxygens (including phenoxy) is 1. The summed E-state index contributed by atoms with van der Waals surface area (Å²) < 4.78 is 4.71. The molecule has 0 unspecified atom stereocenters. The highest BCUT2D eigenvalue weighted by atomic mass is 35.5. The third-order valence-electron chi connectivity index (χ3n) is 3.60. The Morgan fingerprint density at radius 3 is 2.89 bits per heavy atom. The average Bonchev–Trinajstić information content (AvgIpc) is 2.57. The van der Waals surface area contributed by atoms with Gasteiger partial charge < -0.3 is 10.5 Å². The molecule has 0 aliphatic carbocycles. The number of halogens is 1. The van der Waals surface area contributed by atoms with Gasteiger partial charge in [-0.3, -0.25) is 9.79 Å². The van der Waals surface area contributed by atoms with Gasteiger partial charge in [-0.15, -0.1) is 12.4 Å². The highest BCUT2D eigenvalue weighted by Crippen LogP contribution is 2.19. The Bertz CT molecular complexity index is 295. The van der Waals surface area contributed by atoms with Crippen LogP contribution in [0.25, 0.3) is 0 Å². The zero-order valence-electron chi connectivity index (χ0n) is 12.1. The van der Waals surface area contributed by atoms with E-state index in [2.05, 4.69) is 4.99 Å². The maximum absolute atomic E-state index is 11.2. The van der Waals surface area contributed by atoms with Crippen LogP contribution in [0, 0.1) is 5.92 Å². The molecule has 0 aromatic heterocycles. The molecule has 2 atom stereocenters. The van der Waals surface area contributed by atoms with E-state index in [1.54, 1.807) is 0 Å². The standard InChI is InChI=1S/C14H26N2O2.ClH/c1-11(14(17)18-2)7-3-4-8-12-9-5-6-10-13(15)16-12;/h11-12H,3-10H2,1-2H3,(H2,15,16);1H/t11-,12-;/m0./s1. The van der Waals surface area contributed by atoms with Gasteiger partial charge in [-0.05, 0) is 25.7 Å². The molecule has 0 radical (unpaired) electrons. The van der Waals surface area contributed by atoms with Crippen molar-refractivity contribution in [3.63, 3.8) is 0 Å². The van der Waals surface area contributed by atoms with Gasteiger partial charge in [0.15, 0.2) is 0 Å². The Hall–Kier alpha value is -0.770. The maximum Gasteiger partial charge on any atom is 0.308 e. The molecule has 1 aliphatic rings. The van der Waals surface area contributed by atoms with E-state index in [9.17, 15) is 4.79 Å². The van der Waals surface area contributed by atoms with Gasteiger partial charge in [0, 0.05) is 6.42 Å². The topological polar surface area (TPSA) is 64.7 Å². The monoisotopic (exact) mass is 290 g/mol. The van der Waals surface area contributed by atoms with Gasteiger partial charge in [-0.25, -0.2) is 0 Å². The highest BCUT2D eigenvalue weighted by molar-refractivity contribution is 5.85. The van der Waals surface area contributed by atoms with E-state index in [4.69, 9.17) is 10.5 Å². The van der Waals surface area contributed by atoms with Crippen molar-refractivity contribution in [3.8, 4) is 0 Å². The molecule has 5 heteroatoms. The first-order valence-electron chi connectivity index (χ1n) is 7.03. The summed E-state index contributed by atoms with van der Waals surface area (Å²) in [4.78, 5) is 15.8. The Kier molecular flexibility index (Phi) is 9.66. The number of carbonyl (C=O) groups is 1. The summed E-state index contributed by atoms with van der Waals surface area (Å²) in [5.41, 5.74) is 5.82. The number of aliphatic imine (C=N–C) groups is 1. The van der Waals surface area contributed by atoms with Crippen LogP contribution in [0.15, 0.2) is 4.99 Å². The molecule has 0 saturated carbocycles. The van der Waals surface area contributed by atoms with Crippen molar-refractivity contribution in [1.82, 2.24) is 0 Å². The van der Waals surface area contributed by atoms with Crippen LogP contribution in [0.5, 0.6) is 0 Å². The Morgan fingerprint density at radius 2 is 2.21 bits per heavy atom. The van der Waals surface area contributed by atoms with Gasteiger partial charge in [-0.2, -0.15) is 0 Å². The molecule has 0 aromatic rings. The summed E-state index contributed by atoms with van der Waals surface area (Å²) in [7, 11) is 1.45. The van der Waals surface area contributed by atoms with Crippen molar-refractivity contribution in [3.05, 3.63) is 0 Å². The van der Waals surface area contributed by atoms with E-state index in [0.29, 0.717) is 6.04 Å². The van der Waals surface area contributed by atoms with Crippen molar-refractivity contribution in [2.75, 3.05) is 7.11 Å². The van der Waals surface area contributed by atoms with Crippen LogP contribution in [0.2, 0.25) is 0 Å². The number of carbonyl (C=O) groups excluding carboxylic acids is 1. The molecular formula is C14H27ClN2O2. The predicted octanol–water partition coefficient (Wildman–Crippen LogP) is 3.08. The first-order valence-corrected chi connectivity index (χ1v) is 7.03. The molecule has 19 heavy (non-hydrogen) atoms. The van der Waals surface area contributed by atoms with Crippen molar-refractivity contribution >= 4 is 24.2 Å². The number of amidine groups is 1. The largest absolute Gasteiger partial charge is 0.469 e. The third-order valence-corrected chi connectivity index (χ3v) is 3.60. The molecule has 0 saturated heterocycles. The van der Waals surface area contributed by atoms with Gasteiger partial charge in [0.25, 0.3) is 0 Å². The summed E-state index contributed by atoms with van der Waals surface area (Å²) in [5.74, 6) is 0.727. The number of nitrogens with two attached hydrogens (primary N) is 1. The van der Waals surface area contributed by atoms with E-state index in [1.165, 1.54) is 20.0 Å². The smallest absolute Gasteiger partial charge is 0.308 e. The lowest BCUT2D eigenvalue weighted by atomic mass is 10.00. The number of unbranched alkanes of at least 4 members (excludes halogenated alkanes) is 1. The number of hydrogen-bond donors (Lipinski definition) is 1. The Balaban J connectivity index is 0.00000324. The second-order valence-electron chi connectivity index (χ2n) is 5.23. The zero-order chi connectivity index (χ0) is 13.4. The molecule has 1 rings (SSSR count). The lowest BCUT2D eigenvalue weighted by Gasteiger charge is -2.12. The molecule has 0 aromatic carbocycles. The van der Waals surface area contributed by atoms with E-state index < -0.39 is 0 Å². The van der Waals surface area contributed by atoms with Crippen molar-refractivity contribution in [2.45, 2.75) is 64.3 Å². The van der Waals surface area contributed by atoms with Crippen molar-refractivity contribution < 1.29 is 9.53 Å². The number of hydrogen-bond acceptors (Lipinski definition) is 4. The fourth-order valence-corrected chi connectivity index (χ4v) is 2.41. The van der Waals surface area contributed by atoms with Crippen LogP contribution >= 0.6 is 12.4 Å². The van der Waals surface area contributed by atoms with Crippen LogP contribution in [0.3, 0.4) is 0 Å². The molecule has 2 N–H and O–H groups in total. The normalized spacial score (nSPS) is 20.7. The SMILES string of the molecule is COC(=O)[C@@H](C)CCCC[C@H]1CCCCC(N)=N1.Cl. The number of esters is 1. The number of nitrogens with zero attached hydrogens (tertiary/aromatic N) is 1. The van der Waals surface area contributed by atoms with Gasteiger partial charge in [0.05, 0.1) is 24.9 Å². The molecule has 0 amide bonds. The van der Waals surface area contributed by atoms with Gasteiger partial charge >= 0.3 is 5.97 Å². The molecule has 0 spiro atoms. The minimum Gasteiger partial charge on any atom is -0.469 e. The molecule has 0 bridgehead atoms.